The number of nitrogens with one attached hydrogen (secondary N) is 1. The lowest BCUT2D eigenvalue weighted by Gasteiger charge is -2.15. The molecule has 0 aromatic heterocycles. The maximum Gasteiger partial charge on any atom is 0.293 e. The highest BCUT2D eigenvalue weighted by Gasteiger charge is 2.27. The van der Waals surface area contributed by atoms with E-state index in [2.05, 4.69) is 5.32 Å². The summed E-state index contributed by atoms with van der Waals surface area (Å²) in [5, 5.41) is 22.3. The largest absolute Gasteiger partial charge is 0.395 e. The van der Waals surface area contributed by atoms with Gasteiger partial charge in [0.05, 0.1) is 11.5 Å². The zero-order valence-corrected chi connectivity index (χ0v) is 11.3. The molecule has 1 aromatic carbocycles. The Morgan fingerprint density at radius 1 is 1.42 bits per heavy atom. The SMILES string of the molecule is CN(C)S(=O)(=O)c1cccc([N+](=O)[O-])c1NCCO. The van der Waals surface area contributed by atoms with Gasteiger partial charge >= 0.3 is 0 Å². The molecule has 106 valence electrons. The van der Waals surface area contributed by atoms with Gasteiger partial charge in [-0.15, -0.1) is 0 Å². The monoisotopic (exact) mass is 289 g/mol. The molecule has 0 fully saturated rings. The smallest absolute Gasteiger partial charge is 0.293 e. The maximum atomic E-state index is 12.1. The van der Waals surface area contributed by atoms with E-state index >= 15 is 0 Å². The van der Waals surface area contributed by atoms with Crippen LogP contribution in [-0.2, 0) is 10.0 Å². The van der Waals surface area contributed by atoms with Crippen molar-refractivity contribution in [3.8, 4) is 0 Å². The predicted molar refractivity (Wildman–Crippen MR) is 69.5 cm³/mol. The van der Waals surface area contributed by atoms with Crippen molar-refractivity contribution < 1.29 is 18.4 Å². The number of sulfonamides is 1. The van der Waals surface area contributed by atoms with Gasteiger partial charge in [-0.1, -0.05) is 6.07 Å². The molecule has 0 spiro atoms. The molecular formula is C10H15N3O5S. The van der Waals surface area contributed by atoms with E-state index in [-0.39, 0.29) is 29.4 Å². The molecule has 0 amide bonds. The van der Waals surface area contributed by atoms with Crippen LogP contribution in [0.4, 0.5) is 11.4 Å². The zero-order valence-electron chi connectivity index (χ0n) is 10.5. The standard InChI is InChI=1S/C10H15N3O5S/c1-12(2)19(17,18)9-5-3-4-8(13(15)16)10(9)11-6-7-14/h3-5,11,14H,6-7H2,1-2H3. The third-order valence-electron chi connectivity index (χ3n) is 2.37. The van der Waals surface area contributed by atoms with Gasteiger partial charge in [0, 0.05) is 26.7 Å². The lowest BCUT2D eigenvalue weighted by molar-refractivity contribution is -0.384. The molecule has 0 bridgehead atoms. The van der Waals surface area contributed by atoms with Gasteiger partial charge in [-0.3, -0.25) is 10.1 Å². The first-order valence-corrected chi connectivity index (χ1v) is 6.81. The van der Waals surface area contributed by atoms with Crippen LogP contribution in [-0.4, -0.2) is 50.0 Å². The number of rotatable bonds is 6. The van der Waals surface area contributed by atoms with Gasteiger partial charge in [-0.05, 0) is 6.07 Å². The number of aliphatic hydroxyl groups excluding tert-OH is 1. The van der Waals surface area contributed by atoms with Crippen LogP contribution in [0.1, 0.15) is 0 Å². The van der Waals surface area contributed by atoms with Gasteiger partial charge in [-0.25, -0.2) is 12.7 Å². The first kappa shape index (κ1) is 15.3. The summed E-state index contributed by atoms with van der Waals surface area (Å²) in [6.45, 7) is -0.256. The molecule has 0 heterocycles. The lowest BCUT2D eigenvalue weighted by Crippen LogP contribution is -2.24. The Morgan fingerprint density at radius 2 is 2.05 bits per heavy atom. The lowest BCUT2D eigenvalue weighted by atomic mass is 10.2. The van der Waals surface area contributed by atoms with Crippen molar-refractivity contribution in [1.29, 1.82) is 0 Å². The second kappa shape index (κ2) is 5.95. The zero-order chi connectivity index (χ0) is 14.6. The quantitative estimate of drug-likeness (QED) is 0.573. The van der Waals surface area contributed by atoms with Crippen molar-refractivity contribution in [2.45, 2.75) is 4.90 Å². The molecule has 9 heteroatoms. The molecule has 1 aromatic rings. The third kappa shape index (κ3) is 3.19. The summed E-state index contributed by atoms with van der Waals surface area (Å²) in [4.78, 5) is 10.1. The third-order valence-corrected chi connectivity index (χ3v) is 4.23. The van der Waals surface area contributed by atoms with E-state index in [0.29, 0.717) is 0 Å². The van der Waals surface area contributed by atoms with Crippen molar-refractivity contribution in [3.05, 3.63) is 28.3 Å². The van der Waals surface area contributed by atoms with Crippen LogP contribution >= 0.6 is 0 Å². The molecular weight excluding hydrogens is 274 g/mol. The van der Waals surface area contributed by atoms with Crippen LogP contribution in [0.3, 0.4) is 0 Å². The van der Waals surface area contributed by atoms with Crippen LogP contribution < -0.4 is 5.32 Å². The molecule has 0 radical (unpaired) electrons. The van der Waals surface area contributed by atoms with Crippen molar-refractivity contribution in [3.63, 3.8) is 0 Å². The molecule has 1 rings (SSSR count). The van der Waals surface area contributed by atoms with Crippen molar-refractivity contribution in [2.75, 3.05) is 32.6 Å². The minimum atomic E-state index is -3.81. The van der Waals surface area contributed by atoms with Gasteiger partial charge in [-0.2, -0.15) is 0 Å². The number of para-hydroxylation sites is 1. The highest BCUT2D eigenvalue weighted by Crippen LogP contribution is 2.32. The van der Waals surface area contributed by atoms with E-state index in [0.717, 1.165) is 4.31 Å². The fraction of sp³-hybridized carbons (Fsp3) is 0.400. The minimum Gasteiger partial charge on any atom is -0.395 e. The second-order valence-electron chi connectivity index (χ2n) is 3.85. The van der Waals surface area contributed by atoms with Gasteiger partial charge in [0.15, 0.2) is 0 Å². The number of nitro benzene ring substituents is 1. The summed E-state index contributed by atoms with van der Waals surface area (Å²) in [5.74, 6) is 0. The minimum absolute atomic E-state index is 0.0147. The number of nitro groups is 1. The van der Waals surface area contributed by atoms with Crippen molar-refractivity contribution in [2.24, 2.45) is 0 Å². The predicted octanol–water partition coefficient (Wildman–Crippen LogP) is 0.249. The summed E-state index contributed by atoms with van der Waals surface area (Å²) < 4.78 is 25.2. The second-order valence-corrected chi connectivity index (χ2v) is 5.97. The first-order valence-electron chi connectivity index (χ1n) is 5.37. The molecule has 0 saturated heterocycles. The number of anilines is 1. The topological polar surface area (TPSA) is 113 Å². The molecule has 0 aliphatic rings. The molecule has 8 nitrogen and oxygen atoms in total. The summed E-state index contributed by atoms with van der Waals surface area (Å²) >= 11 is 0. The van der Waals surface area contributed by atoms with Crippen LogP contribution in [0, 0.1) is 10.1 Å². The Labute approximate surface area is 110 Å². The van der Waals surface area contributed by atoms with E-state index in [1.807, 2.05) is 0 Å². The average molecular weight is 289 g/mol. The summed E-state index contributed by atoms with van der Waals surface area (Å²) in [5.41, 5.74) is -0.466. The molecule has 2 N–H and O–H groups in total. The number of nitrogens with zero attached hydrogens (tertiary/aromatic N) is 2. The van der Waals surface area contributed by atoms with E-state index in [9.17, 15) is 18.5 Å². The van der Waals surface area contributed by atoms with Crippen LogP contribution in [0.5, 0.6) is 0 Å². The van der Waals surface area contributed by atoms with Crippen LogP contribution in [0.2, 0.25) is 0 Å². The molecule has 0 aliphatic heterocycles. The maximum absolute atomic E-state index is 12.1. The Morgan fingerprint density at radius 3 is 2.53 bits per heavy atom. The van der Waals surface area contributed by atoms with Gasteiger partial charge in [0.2, 0.25) is 10.0 Å². The fourth-order valence-corrected chi connectivity index (χ4v) is 2.52. The van der Waals surface area contributed by atoms with Crippen LogP contribution in [0.15, 0.2) is 23.1 Å². The van der Waals surface area contributed by atoms with Gasteiger partial charge in [0.25, 0.3) is 5.69 Å². The fourth-order valence-electron chi connectivity index (χ4n) is 1.44. The van der Waals surface area contributed by atoms with Crippen molar-refractivity contribution >= 4 is 21.4 Å². The summed E-state index contributed by atoms with van der Waals surface area (Å²) in [6.07, 6.45) is 0. The van der Waals surface area contributed by atoms with Crippen molar-refractivity contribution in [1.82, 2.24) is 4.31 Å². The number of hydrogen-bond donors (Lipinski definition) is 2. The number of benzene rings is 1. The van der Waals surface area contributed by atoms with E-state index in [1.165, 1.54) is 32.3 Å². The van der Waals surface area contributed by atoms with Gasteiger partial charge < -0.3 is 10.4 Å². The number of aliphatic hydroxyl groups is 1. The normalized spacial score (nSPS) is 11.6. The highest BCUT2D eigenvalue weighted by atomic mass is 32.2. The Bertz CT molecular complexity index is 571. The van der Waals surface area contributed by atoms with Crippen LogP contribution in [0.25, 0.3) is 0 Å². The average Bonchev–Trinajstić information content (AvgIpc) is 2.35. The molecule has 0 aliphatic carbocycles. The Hall–Kier alpha value is -1.71. The Balaban J connectivity index is 3.47. The highest BCUT2D eigenvalue weighted by molar-refractivity contribution is 7.89. The van der Waals surface area contributed by atoms with E-state index in [4.69, 9.17) is 5.11 Å². The molecule has 0 unspecified atom stereocenters. The molecule has 0 atom stereocenters. The Kier molecular flexibility index (Phi) is 4.81. The molecule has 19 heavy (non-hydrogen) atoms. The van der Waals surface area contributed by atoms with E-state index in [1.54, 1.807) is 0 Å². The number of hydrogen-bond acceptors (Lipinski definition) is 6. The van der Waals surface area contributed by atoms with E-state index < -0.39 is 14.9 Å². The summed E-state index contributed by atoms with van der Waals surface area (Å²) in [6, 6.07) is 3.79. The van der Waals surface area contributed by atoms with Gasteiger partial charge in [0.1, 0.15) is 10.6 Å². The molecule has 0 saturated carbocycles. The summed E-state index contributed by atoms with van der Waals surface area (Å²) in [7, 11) is -1.13. The first-order chi connectivity index (χ1) is 8.82.